The van der Waals surface area contributed by atoms with Gasteiger partial charge < -0.3 is 4.42 Å². The van der Waals surface area contributed by atoms with Crippen LogP contribution in [0.5, 0.6) is 0 Å². The molecular formula is C50H32O. The van der Waals surface area contributed by atoms with Crippen molar-refractivity contribution >= 4 is 43.3 Å². The first-order chi connectivity index (χ1) is 29.1. The van der Waals surface area contributed by atoms with Crippen LogP contribution in [-0.4, -0.2) is 0 Å². The molecule has 0 atom stereocenters. The Labute approximate surface area is 309 Å². The van der Waals surface area contributed by atoms with Gasteiger partial charge in [0, 0.05) is 22.1 Å². The fourth-order valence-electron chi connectivity index (χ4n) is 7.48. The van der Waals surface area contributed by atoms with Crippen molar-refractivity contribution in [1.82, 2.24) is 0 Å². The van der Waals surface area contributed by atoms with E-state index < -0.39 is 54.4 Å². The molecule has 0 aliphatic heterocycles. The molecule has 0 radical (unpaired) electrons. The van der Waals surface area contributed by atoms with Crippen LogP contribution in [-0.2, 0) is 0 Å². The van der Waals surface area contributed by atoms with E-state index in [1.165, 1.54) is 0 Å². The summed E-state index contributed by atoms with van der Waals surface area (Å²) in [7, 11) is 0. The summed E-state index contributed by atoms with van der Waals surface area (Å²) in [6.45, 7) is 0. The molecule has 238 valence electrons. The largest absolute Gasteiger partial charge is 0.455 e. The van der Waals surface area contributed by atoms with Gasteiger partial charge in [-0.3, -0.25) is 0 Å². The molecule has 10 aromatic rings. The van der Waals surface area contributed by atoms with Crippen molar-refractivity contribution in [2.24, 2.45) is 0 Å². The van der Waals surface area contributed by atoms with Gasteiger partial charge >= 0.3 is 0 Å². The third kappa shape index (κ3) is 4.78. The first kappa shape index (κ1) is 21.4. The highest BCUT2D eigenvalue weighted by Crippen LogP contribution is 2.51. The molecular weight excluding hydrogens is 617 g/mol. The van der Waals surface area contributed by atoms with Crippen molar-refractivity contribution in [3.05, 3.63) is 194 Å². The summed E-state index contributed by atoms with van der Waals surface area (Å²) in [5.74, 6) is 0.614. The molecule has 0 saturated carbocycles. The lowest BCUT2D eigenvalue weighted by Gasteiger charge is -2.19. The van der Waals surface area contributed by atoms with E-state index in [1.54, 1.807) is 0 Å². The maximum Gasteiger partial charge on any atom is 0.144 e. The van der Waals surface area contributed by atoms with Gasteiger partial charge in [0.25, 0.3) is 0 Å². The van der Waals surface area contributed by atoms with Crippen LogP contribution < -0.4 is 0 Å². The zero-order valence-corrected chi connectivity index (χ0v) is 27.2. The molecule has 0 aliphatic rings. The molecule has 0 aliphatic carbocycles. The van der Waals surface area contributed by atoms with Crippen molar-refractivity contribution in [1.29, 1.82) is 0 Å². The smallest absolute Gasteiger partial charge is 0.144 e. The van der Waals surface area contributed by atoms with Crippen LogP contribution in [0, 0.1) is 0 Å². The zero-order chi connectivity index (χ0) is 41.6. The second kappa shape index (κ2) is 12.0. The minimum absolute atomic E-state index is 0.0317. The molecule has 1 aromatic heterocycles. The molecule has 0 unspecified atom stereocenters. The van der Waals surface area contributed by atoms with Gasteiger partial charge in [0.05, 0.1) is 12.3 Å². The van der Waals surface area contributed by atoms with E-state index in [2.05, 4.69) is 54.6 Å². The van der Waals surface area contributed by atoms with Gasteiger partial charge in [0.1, 0.15) is 11.3 Å². The Balaban J connectivity index is 1.38. The predicted molar refractivity (Wildman–Crippen MR) is 216 cm³/mol. The highest BCUT2D eigenvalue weighted by Gasteiger charge is 2.26. The molecule has 1 nitrogen and oxygen atoms in total. The van der Waals surface area contributed by atoms with Gasteiger partial charge in [0.15, 0.2) is 0 Å². The van der Waals surface area contributed by atoms with Crippen LogP contribution in [0.15, 0.2) is 198 Å². The van der Waals surface area contributed by atoms with Crippen molar-refractivity contribution in [3.8, 4) is 55.8 Å². The summed E-state index contributed by atoms with van der Waals surface area (Å²) < 4.78 is 86.7. The summed E-state index contributed by atoms with van der Waals surface area (Å²) >= 11 is 0. The lowest BCUT2D eigenvalue weighted by Crippen LogP contribution is -1.93. The van der Waals surface area contributed by atoms with Crippen molar-refractivity contribution < 1.29 is 16.8 Å². The zero-order valence-electron chi connectivity index (χ0n) is 36.2. The maximum atomic E-state index is 9.45. The molecule has 0 fully saturated rings. The van der Waals surface area contributed by atoms with E-state index in [0.29, 0.717) is 27.7 Å². The molecule has 9 aromatic carbocycles. The van der Waals surface area contributed by atoms with E-state index in [1.807, 2.05) is 84.9 Å². The van der Waals surface area contributed by atoms with Crippen LogP contribution in [0.4, 0.5) is 0 Å². The number of furan rings is 1. The molecule has 0 N–H and O–H groups in total. The summed E-state index contributed by atoms with van der Waals surface area (Å²) in [6.07, 6.45) is 0. The molecule has 0 amide bonds. The van der Waals surface area contributed by atoms with Gasteiger partial charge in [-0.05, 0) is 71.8 Å². The quantitative estimate of drug-likeness (QED) is 0.168. The molecule has 0 bridgehead atoms. The summed E-state index contributed by atoms with van der Waals surface area (Å²) in [6, 6.07) is 41.2. The summed E-state index contributed by atoms with van der Waals surface area (Å²) in [5.41, 5.74) is 5.24. The van der Waals surface area contributed by atoms with Gasteiger partial charge in [0.2, 0.25) is 0 Å². The van der Waals surface area contributed by atoms with Crippen molar-refractivity contribution in [2.45, 2.75) is 0 Å². The second-order valence-corrected chi connectivity index (χ2v) is 12.5. The number of hydrogen-bond donors (Lipinski definition) is 0. The number of hydrogen-bond acceptors (Lipinski definition) is 1. The lowest BCUT2D eigenvalue weighted by molar-refractivity contribution is 0.635. The molecule has 1 heteroatoms. The highest BCUT2D eigenvalue weighted by molar-refractivity contribution is 6.24. The van der Waals surface area contributed by atoms with Gasteiger partial charge in [-0.1, -0.05) is 188 Å². The second-order valence-electron chi connectivity index (χ2n) is 12.5. The summed E-state index contributed by atoms with van der Waals surface area (Å²) in [5, 5.41) is 5.79. The Morgan fingerprint density at radius 2 is 0.941 bits per heavy atom. The van der Waals surface area contributed by atoms with Gasteiger partial charge in [-0.15, -0.1) is 0 Å². The molecule has 0 saturated heterocycles. The highest BCUT2D eigenvalue weighted by atomic mass is 16.3. The third-order valence-corrected chi connectivity index (χ3v) is 9.68. The van der Waals surface area contributed by atoms with Gasteiger partial charge in [-0.2, -0.15) is 0 Å². The molecule has 10 rings (SSSR count). The average Bonchev–Trinajstić information content (AvgIpc) is 3.67. The molecule has 1 heterocycles. The average molecular weight is 658 g/mol. The first-order valence-corrected chi connectivity index (χ1v) is 16.8. The standard InChI is InChI=1S/C50H32O/c1-3-17-34(18-4-1)38-22-9-10-23-40(38)47-41-24-11-13-26-43(41)48(44-27-14-12-25-42(44)47)50-46(37-31-30-33-16-7-8-21-36(33)32-37)45-29-15-28-39(49(45)51-50)35-19-5-2-6-20-35/h1-32H/i1D,3D,4D,9D,10D,17D,18D,22D,23D. The van der Waals surface area contributed by atoms with E-state index in [-0.39, 0.29) is 16.7 Å². The van der Waals surface area contributed by atoms with E-state index >= 15 is 0 Å². The number of para-hydroxylation sites is 1. The van der Waals surface area contributed by atoms with E-state index in [4.69, 9.17) is 14.0 Å². The van der Waals surface area contributed by atoms with Crippen LogP contribution >= 0.6 is 0 Å². The minimum Gasteiger partial charge on any atom is -0.455 e. The Hall–Kier alpha value is -6.70. The van der Waals surface area contributed by atoms with Crippen molar-refractivity contribution in [2.75, 3.05) is 0 Å². The number of rotatable bonds is 5. The monoisotopic (exact) mass is 657 g/mol. The first-order valence-electron chi connectivity index (χ1n) is 21.3. The van der Waals surface area contributed by atoms with Crippen LogP contribution in [0.2, 0.25) is 0 Å². The normalized spacial score (nSPS) is 14.0. The third-order valence-electron chi connectivity index (χ3n) is 9.68. The number of benzene rings is 9. The van der Waals surface area contributed by atoms with Crippen molar-refractivity contribution in [3.63, 3.8) is 0 Å². The maximum absolute atomic E-state index is 9.45. The Bertz CT molecular complexity index is 3340. The topological polar surface area (TPSA) is 13.1 Å². The molecule has 0 spiro atoms. The summed E-state index contributed by atoms with van der Waals surface area (Å²) in [4.78, 5) is 0. The van der Waals surface area contributed by atoms with E-state index in [0.717, 1.165) is 54.7 Å². The Kier molecular flexibility index (Phi) is 5.04. The molecule has 51 heavy (non-hydrogen) atoms. The fraction of sp³-hybridized carbons (Fsp3) is 0. The lowest BCUT2D eigenvalue weighted by atomic mass is 9.84. The van der Waals surface area contributed by atoms with E-state index in [9.17, 15) is 2.74 Å². The van der Waals surface area contributed by atoms with Crippen LogP contribution in [0.25, 0.3) is 99.1 Å². The van der Waals surface area contributed by atoms with Gasteiger partial charge in [-0.25, -0.2) is 0 Å². The minimum atomic E-state index is -0.601. The van der Waals surface area contributed by atoms with Crippen LogP contribution in [0.3, 0.4) is 0 Å². The Morgan fingerprint density at radius 1 is 0.353 bits per heavy atom. The predicted octanol–water partition coefficient (Wildman–Crippen LogP) is 14.2. The Morgan fingerprint density at radius 3 is 1.67 bits per heavy atom. The SMILES string of the molecule is [2H]c1c([2H])c([2H])c(-c2c([2H])c([2H])c([2H])c([2H])c2-c2c3ccccc3c(-c3oc4c(-c5ccccc5)cccc4c3-c3ccc4ccccc4c3)c3ccccc23)c([2H])c1[2H]. The number of fused-ring (bicyclic) bond motifs is 4. The fourth-order valence-corrected chi connectivity index (χ4v) is 7.48. The van der Waals surface area contributed by atoms with Crippen LogP contribution in [0.1, 0.15) is 12.3 Å².